The number of nitrogens with zero attached hydrogens (tertiary/aromatic N) is 1. The summed E-state index contributed by atoms with van der Waals surface area (Å²) in [5.41, 5.74) is 5.83. The molecular formula is C39H57N2OPScSi2-2. The third-order valence-electron chi connectivity index (χ3n) is 6.04. The molecule has 7 heteroatoms. The molecule has 0 spiro atoms. The van der Waals surface area contributed by atoms with Gasteiger partial charge in [0.2, 0.25) is 0 Å². The summed E-state index contributed by atoms with van der Waals surface area (Å²) < 4.78 is 10.5. The number of aryl methyl sites for hydroxylation is 3. The number of hydrogen-bond donors (Lipinski definition) is 1. The van der Waals surface area contributed by atoms with Gasteiger partial charge in [0.15, 0.2) is 0 Å². The van der Waals surface area contributed by atoms with Crippen molar-refractivity contribution >= 4 is 45.3 Å². The molecule has 1 aliphatic heterocycles. The average molecular weight is 702 g/mol. The standard InChI is InChI=1S/C27H27N2P.C4H8O.2C4H11Si.Sc/c1-21-19-22(2)27(23(3)20-21)29-30(25-15-9-5-10-16-25,26-17-11-6-12-18-26)28-24-13-7-4-8-14-24;1-2-4-5-3-1;2*1-5(2,3)4;/h4-20,28H,1-3H3;1-4H2;2*1H2,2-4H3;/q;;2*-1;. The SMILES string of the molecule is C1CCOC1.Cc1cc(C)c(N=P(Nc2ccccc2)(c2ccccc2)c2ccccc2)c(C)c1.[CH2-][Si](C)(C)C.[CH2-][Si](C)(C)C.[Sc]. The van der Waals surface area contributed by atoms with Crippen LogP contribution in [0.1, 0.15) is 29.5 Å². The predicted molar refractivity (Wildman–Crippen MR) is 209 cm³/mol. The first-order valence-corrected chi connectivity index (χ1v) is 25.2. The van der Waals surface area contributed by atoms with Crippen LogP contribution >= 0.6 is 7.21 Å². The normalized spacial score (nSPS) is 12.5. The Morgan fingerprint density at radius 3 is 1.30 bits per heavy atom. The molecule has 1 N–H and O–H groups in total. The molecule has 4 aromatic rings. The van der Waals surface area contributed by atoms with Crippen molar-refractivity contribution in [3.8, 4) is 0 Å². The maximum absolute atomic E-state index is 5.57. The van der Waals surface area contributed by atoms with Crippen LogP contribution in [-0.4, -0.2) is 29.4 Å². The van der Waals surface area contributed by atoms with Gasteiger partial charge < -0.3 is 22.9 Å². The number of nitrogens with one attached hydrogen (secondary N) is 1. The molecule has 247 valence electrons. The summed E-state index contributed by atoms with van der Waals surface area (Å²) >= 11 is 0. The minimum Gasteiger partial charge on any atom is -0.381 e. The summed E-state index contributed by atoms with van der Waals surface area (Å²) in [5, 5.41) is 6.30. The monoisotopic (exact) mass is 701 g/mol. The van der Waals surface area contributed by atoms with Gasteiger partial charge in [0.05, 0.1) is 5.69 Å². The summed E-state index contributed by atoms with van der Waals surface area (Å²) in [6.45, 7) is 29.6. The molecule has 0 atom stereocenters. The summed E-state index contributed by atoms with van der Waals surface area (Å²) in [6.07, 6.45) is 2.56. The van der Waals surface area contributed by atoms with Crippen molar-refractivity contribution in [2.75, 3.05) is 18.3 Å². The number of anilines is 1. The zero-order valence-electron chi connectivity index (χ0n) is 29.9. The zero-order chi connectivity index (χ0) is 33.5. The minimum absolute atomic E-state index is 0. The van der Waals surface area contributed by atoms with Crippen LogP contribution in [-0.2, 0) is 30.6 Å². The van der Waals surface area contributed by atoms with E-state index in [0.29, 0.717) is 0 Å². The van der Waals surface area contributed by atoms with Crippen molar-refractivity contribution in [2.45, 2.75) is 72.9 Å². The van der Waals surface area contributed by atoms with Crippen LogP contribution in [0.3, 0.4) is 0 Å². The fourth-order valence-corrected chi connectivity index (χ4v) is 7.58. The summed E-state index contributed by atoms with van der Waals surface area (Å²) in [7, 11) is -4.06. The third kappa shape index (κ3) is 16.8. The Hall–Kier alpha value is -1.83. The fourth-order valence-electron chi connectivity index (χ4n) is 4.40. The smallest absolute Gasteiger partial charge is 0.115 e. The van der Waals surface area contributed by atoms with E-state index in [1.165, 1.54) is 40.1 Å². The number of rotatable bonds is 5. The third-order valence-corrected chi connectivity index (χ3v) is 9.21. The van der Waals surface area contributed by atoms with Gasteiger partial charge in [0.25, 0.3) is 0 Å². The van der Waals surface area contributed by atoms with E-state index in [1.807, 2.05) is 6.07 Å². The molecule has 5 rings (SSSR count). The largest absolute Gasteiger partial charge is 0.381 e. The first-order valence-electron chi connectivity index (χ1n) is 16.0. The molecule has 3 nitrogen and oxygen atoms in total. The van der Waals surface area contributed by atoms with E-state index in [2.05, 4.69) is 175 Å². The molecule has 0 aliphatic carbocycles. The Kier molecular flexibility index (Phi) is 18.8. The molecule has 0 unspecified atom stereocenters. The zero-order valence-corrected chi connectivity index (χ0v) is 34.6. The number of ether oxygens (including phenoxy) is 1. The number of benzene rings is 4. The van der Waals surface area contributed by atoms with Crippen LogP contribution in [0.4, 0.5) is 11.4 Å². The van der Waals surface area contributed by atoms with Gasteiger partial charge in [-0.05, 0) is 56.9 Å². The van der Waals surface area contributed by atoms with Crippen molar-refractivity contribution in [1.82, 2.24) is 0 Å². The van der Waals surface area contributed by atoms with Crippen molar-refractivity contribution in [3.05, 3.63) is 133 Å². The summed E-state index contributed by atoms with van der Waals surface area (Å²) in [4.78, 5) is 0. The van der Waals surface area contributed by atoms with Crippen molar-refractivity contribution in [3.63, 3.8) is 0 Å². The second kappa shape index (κ2) is 20.5. The van der Waals surface area contributed by atoms with Crippen LogP contribution in [0.2, 0.25) is 39.3 Å². The van der Waals surface area contributed by atoms with Gasteiger partial charge in [-0.25, -0.2) is 4.74 Å². The Morgan fingerprint density at radius 2 is 0.978 bits per heavy atom. The fraction of sp³-hybridized carbons (Fsp3) is 0.333. The number of para-hydroxylation sites is 1. The van der Waals surface area contributed by atoms with Gasteiger partial charge in [-0.3, -0.25) is 0 Å². The Bertz CT molecular complexity index is 1370. The van der Waals surface area contributed by atoms with Gasteiger partial charge in [0.1, 0.15) is 7.21 Å². The quantitative estimate of drug-likeness (QED) is 0.128. The van der Waals surface area contributed by atoms with Gasteiger partial charge >= 0.3 is 0 Å². The first kappa shape index (κ1) is 42.2. The molecular weight excluding hydrogens is 645 g/mol. The van der Waals surface area contributed by atoms with Crippen molar-refractivity contribution < 1.29 is 30.6 Å². The molecule has 1 heterocycles. The van der Waals surface area contributed by atoms with E-state index in [0.717, 1.165) is 24.6 Å². The van der Waals surface area contributed by atoms with Gasteiger partial charge in [-0.2, -0.15) is 0 Å². The summed E-state index contributed by atoms with van der Waals surface area (Å²) in [6, 6.07) is 36.2. The molecule has 1 aliphatic rings. The van der Waals surface area contributed by atoms with Crippen molar-refractivity contribution in [2.24, 2.45) is 4.74 Å². The maximum atomic E-state index is 5.57. The van der Waals surface area contributed by atoms with E-state index < -0.39 is 23.4 Å². The number of hydrogen-bond acceptors (Lipinski definition) is 2. The Morgan fingerprint density at radius 1 is 0.630 bits per heavy atom. The Labute approximate surface area is 302 Å². The van der Waals surface area contributed by atoms with Gasteiger partial charge in [0, 0.05) is 55.4 Å². The van der Waals surface area contributed by atoms with Crippen LogP contribution in [0.25, 0.3) is 0 Å². The van der Waals surface area contributed by atoms with Crippen LogP contribution < -0.4 is 15.7 Å². The van der Waals surface area contributed by atoms with Gasteiger partial charge in [-0.1, -0.05) is 136 Å². The van der Waals surface area contributed by atoms with Crippen LogP contribution in [0.15, 0.2) is 108 Å². The molecule has 0 aromatic heterocycles. The Balaban J connectivity index is 0.000000547. The molecule has 1 saturated heterocycles. The van der Waals surface area contributed by atoms with Crippen molar-refractivity contribution in [1.29, 1.82) is 0 Å². The molecule has 0 saturated carbocycles. The maximum Gasteiger partial charge on any atom is 0.115 e. The molecule has 4 aromatic carbocycles. The van der Waals surface area contributed by atoms with E-state index in [-0.39, 0.29) is 25.8 Å². The van der Waals surface area contributed by atoms with E-state index in [4.69, 9.17) is 9.48 Å². The van der Waals surface area contributed by atoms with E-state index in [1.54, 1.807) is 0 Å². The molecule has 1 fully saturated rings. The first-order chi connectivity index (χ1) is 21.1. The average Bonchev–Trinajstić information content (AvgIpc) is 3.55. The topological polar surface area (TPSA) is 33.6 Å². The molecule has 0 amide bonds. The molecule has 0 bridgehead atoms. The summed E-state index contributed by atoms with van der Waals surface area (Å²) in [5.74, 6) is 0. The molecule has 46 heavy (non-hydrogen) atoms. The molecule has 1 radical (unpaired) electrons. The van der Waals surface area contributed by atoms with Crippen LogP contribution in [0.5, 0.6) is 0 Å². The second-order valence-corrected chi connectivity index (χ2v) is 27.0. The predicted octanol–water partition coefficient (Wildman–Crippen LogP) is 11.3. The van der Waals surface area contributed by atoms with E-state index in [9.17, 15) is 0 Å². The van der Waals surface area contributed by atoms with E-state index >= 15 is 0 Å². The minimum atomic E-state index is -2.34. The van der Waals surface area contributed by atoms with Crippen LogP contribution in [0, 0.1) is 33.9 Å². The van der Waals surface area contributed by atoms with Gasteiger partial charge in [-0.15, -0.1) is 16.1 Å². The second-order valence-electron chi connectivity index (χ2n) is 14.1.